The lowest BCUT2D eigenvalue weighted by molar-refractivity contribution is 0.617. The summed E-state index contributed by atoms with van der Waals surface area (Å²) in [5.74, 6) is 2.92. The number of benzene rings is 1. The molecule has 0 radical (unpaired) electrons. The number of hydrogen-bond acceptors (Lipinski definition) is 4. The number of rotatable bonds is 7. The number of halogens is 2. The van der Waals surface area contributed by atoms with E-state index in [-0.39, 0.29) is 29.8 Å². The highest BCUT2D eigenvalue weighted by molar-refractivity contribution is 14.0. The van der Waals surface area contributed by atoms with Crippen molar-refractivity contribution in [2.24, 2.45) is 12.0 Å². The molecule has 0 saturated carbocycles. The molecule has 9 heteroatoms. The van der Waals surface area contributed by atoms with E-state index in [1.165, 1.54) is 12.4 Å². The van der Waals surface area contributed by atoms with Crippen molar-refractivity contribution >= 4 is 41.7 Å². The SMILES string of the molecule is CN=C(NCCSCc1ccccc1F)NCc1ncnn1C.I. The monoisotopic (exact) mass is 464 g/mol. The van der Waals surface area contributed by atoms with Crippen LogP contribution >= 0.6 is 35.7 Å². The molecule has 6 nitrogen and oxygen atoms in total. The van der Waals surface area contributed by atoms with E-state index in [1.807, 2.05) is 19.2 Å². The second-order valence-corrected chi connectivity index (χ2v) is 5.90. The van der Waals surface area contributed by atoms with Gasteiger partial charge in [0.25, 0.3) is 0 Å². The fourth-order valence-electron chi connectivity index (χ4n) is 1.90. The van der Waals surface area contributed by atoms with Crippen LogP contribution in [0.5, 0.6) is 0 Å². The number of aromatic nitrogens is 3. The van der Waals surface area contributed by atoms with Gasteiger partial charge in [0.05, 0.1) is 6.54 Å². The average Bonchev–Trinajstić information content (AvgIpc) is 2.97. The first-order valence-corrected chi connectivity index (χ1v) is 8.44. The van der Waals surface area contributed by atoms with Gasteiger partial charge in [-0.3, -0.25) is 9.67 Å². The topological polar surface area (TPSA) is 67.1 Å². The van der Waals surface area contributed by atoms with E-state index < -0.39 is 0 Å². The fraction of sp³-hybridized carbons (Fsp3) is 0.400. The van der Waals surface area contributed by atoms with Crippen LogP contribution in [0.4, 0.5) is 4.39 Å². The Labute approximate surface area is 162 Å². The molecule has 0 aliphatic carbocycles. The van der Waals surface area contributed by atoms with Crippen molar-refractivity contribution in [3.8, 4) is 0 Å². The van der Waals surface area contributed by atoms with Crippen molar-refractivity contribution < 1.29 is 4.39 Å². The fourth-order valence-corrected chi connectivity index (χ4v) is 2.75. The van der Waals surface area contributed by atoms with Crippen molar-refractivity contribution in [3.63, 3.8) is 0 Å². The maximum absolute atomic E-state index is 13.5. The molecule has 1 aromatic carbocycles. The lowest BCUT2D eigenvalue weighted by Crippen LogP contribution is -2.38. The summed E-state index contributed by atoms with van der Waals surface area (Å²) in [6, 6.07) is 6.87. The van der Waals surface area contributed by atoms with Gasteiger partial charge in [0.15, 0.2) is 5.96 Å². The predicted molar refractivity (Wildman–Crippen MR) is 107 cm³/mol. The number of thioether (sulfide) groups is 1. The molecule has 0 atom stereocenters. The third-order valence-corrected chi connectivity index (χ3v) is 4.20. The molecule has 0 fully saturated rings. The van der Waals surface area contributed by atoms with E-state index in [1.54, 1.807) is 29.6 Å². The van der Waals surface area contributed by atoms with Crippen LogP contribution in [-0.2, 0) is 19.3 Å². The predicted octanol–water partition coefficient (Wildman–Crippen LogP) is 2.17. The number of guanidine groups is 1. The molecule has 0 aliphatic heterocycles. The Bertz CT molecular complexity index is 648. The maximum Gasteiger partial charge on any atom is 0.191 e. The lowest BCUT2D eigenvalue weighted by Gasteiger charge is -2.11. The molecule has 0 spiro atoms. The summed E-state index contributed by atoms with van der Waals surface area (Å²) in [5, 5.41) is 10.4. The summed E-state index contributed by atoms with van der Waals surface area (Å²) < 4.78 is 15.2. The number of nitrogens with one attached hydrogen (secondary N) is 2. The standard InChI is InChI=1S/C15H21FN6S.HI/c1-17-15(19-9-14-20-11-21-22(14)2)18-7-8-23-10-12-5-3-4-6-13(12)16;/h3-6,11H,7-10H2,1-2H3,(H2,17,18,19);1H. The third-order valence-electron chi connectivity index (χ3n) is 3.20. The Hall–Kier alpha value is -1.36. The molecule has 0 unspecified atom stereocenters. The number of nitrogens with zero attached hydrogens (tertiary/aromatic N) is 4. The van der Waals surface area contributed by atoms with E-state index >= 15 is 0 Å². The van der Waals surface area contributed by atoms with Crippen LogP contribution in [0.3, 0.4) is 0 Å². The van der Waals surface area contributed by atoms with Crippen molar-refractivity contribution in [1.29, 1.82) is 0 Å². The zero-order valence-corrected chi connectivity index (χ0v) is 16.8. The van der Waals surface area contributed by atoms with Gasteiger partial charge in [0, 0.05) is 32.1 Å². The summed E-state index contributed by atoms with van der Waals surface area (Å²) in [4.78, 5) is 8.30. The summed E-state index contributed by atoms with van der Waals surface area (Å²) in [6.45, 7) is 1.30. The van der Waals surface area contributed by atoms with Crippen LogP contribution < -0.4 is 10.6 Å². The third kappa shape index (κ3) is 6.63. The van der Waals surface area contributed by atoms with Gasteiger partial charge in [-0.1, -0.05) is 18.2 Å². The molecular formula is C15H22FIN6S. The van der Waals surface area contributed by atoms with Gasteiger partial charge >= 0.3 is 0 Å². The average molecular weight is 464 g/mol. The Balaban J connectivity index is 0.00000288. The normalized spacial score (nSPS) is 11.0. The first-order valence-electron chi connectivity index (χ1n) is 7.29. The minimum absolute atomic E-state index is 0. The zero-order valence-electron chi connectivity index (χ0n) is 13.7. The molecule has 2 N–H and O–H groups in total. The van der Waals surface area contributed by atoms with E-state index in [2.05, 4.69) is 25.7 Å². The minimum Gasteiger partial charge on any atom is -0.356 e. The molecule has 132 valence electrons. The van der Waals surface area contributed by atoms with Gasteiger partial charge < -0.3 is 10.6 Å². The molecular weight excluding hydrogens is 442 g/mol. The number of aliphatic imine (C=N–C) groups is 1. The molecule has 1 heterocycles. The van der Waals surface area contributed by atoms with Gasteiger partial charge in [-0.15, -0.1) is 24.0 Å². The maximum atomic E-state index is 13.5. The largest absolute Gasteiger partial charge is 0.356 e. The van der Waals surface area contributed by atoms with Crippen molar-refractivity contribution in [2.45, 2.75) is 12.3 Å². The van der Waals surface area contributed by atoms with Crippen LogP contribution in [0, 0.1) is 5.82 Å². The van der Waals surface area contributed by atoms with Crippen LogP contribution in [0.15, 0.2) is 35.6 Å². The Morgan fingerprint density at radius 2 is 2.12 bits per heavy atom. The quantitative estimate of drug-likeness (QED) is 0.285. The molecule has 2 aromatic rings. The first kappa shape index (κ1) is 20.7. The molecule has 0 amide bonds. The van der Waals surface area contributed by atoms with E-state index in [9.17, 15) is 4.39 Å². The second-order valence-electron chi connectivity index (χ2n) is 4.80. The molecule has 0 saturated heterocycles. The van der Waals surface area contributed by atoms with Crippen LogP contribution in [-0.4, -0.2) is 40.1 Å². The van der Waals surface area contributed by atoms with Crippen LogP contribution in [0.25, 0.3) is 0 Å². The number of hydrogen-bond donors (Lipinski definition) is 2. The summed E-state index contributed by atoms with van der Waals surface area (Å²) in [6.07, 6.45) is 1.52. The molecule has 0 aliphatic rings. The van der Waals surface area contributed by atoms with E-state index in [0.29, 0.717) is 18.3 Å². The smallest absolute Gasteiger partial charge is 0.191 e. The molecule has 0 bridgehead atoms. The second kappa shape index (κ2) is 11.2. The lowest BCUT2D eigenvalue weighted by atomic mass is 10.2. The molecule has 1 aromatic heterocycles. The van der Waals surface area contributed by atoms with Crippen molar-refractivity contribution in [1.82, 2.24) is 25.4 Å². The zero-order chi connectivity index (χ0) is 16.5. The first-order chi connectivity index (χ1) is 11.2. The Kier molecular flexibility index (Phi) is 9.69. The molecule has 2 rings (SSSR count). The van der Waals surface area contributed by atoms with Gasteiger partial charge in [-0.05, 0) is 11.6 Å². The van der Waals surface area contributed by atoms with Gasteiger partial charge in [-0.25, -0.2) is 9.37 Å². The molecule has 24 heavy (non-hydrogen) atoms. The Morgan fingerprint density at radius 1 is 1.33 bits per heavy atom. The summed E-state index contributed by atoms with van der Waals surface area (Å²) in [7, 11) is 3.57. The van der Waals surface area contributed by atoms with Crippen LogP contribution in [0.2, 0.25) is 0 Å². The highest BCUT2D eigenvalue weighted by atomic mass is 127. The van der Waals surface area contributed by atoms with E-state index in [0.717, 1.165) is 23.7 Å². The minimum atomic E-state index is -0.144. The van der Waals surface area contributed by atoms with Crippen molar-refractivity contribution in [2.75, 3.05) is 19.3 Å². The van der Waals surface area contributed by atoms with Crippen LogP contribution in [0.1, 0.15) is 11.4 Å². The Morgan fingerprint density at radius 3 is 2.79 bits per heavy atom. The summed E-state index contributed by atoms with van der Waals surface area (Å²) in [5.41, 5.74) is 0.738. The van der Waals surface area contributed by atoms with Gasteiger partial charge in [0.1, 0.15) is 18.0 Å². The highest BCUT2D eigenvalue weighted by Gasteiger charge is 2.03. The highest BCUT2D eigenvalue weighted by Crippen LogP contribution is 2.14. The van der Waals surface area contributed by atoms with Crippen molar-refractivity contribution in [3.05, 3.63) is 47.8 Å². The van der Waals surface area contributed by atoms with Gasteiger partial charge in [-0.2, -0.15) is 16.9 Å². The number of aryl methyl sites for hydroxylation is 1. The van der Waals surface area contributed by atoms with E-state index in [4.69, 9.17) is 0 Å². The summed E-state index contributed by atoms with van der Waals surface area (Å²) >= 11 is 1.68. The van der Waals surface area contributed by atoms with Gasteiger partial charge in [0.2, 0.25) is 0 Å².